The van der Waals surface area contributed by atoms with Crippen LogP contribution >= 0.6 is 0 Å². The lowest BCUT2D eigenvalue weighted by Crippen LogP contribution is -1.97. The van der Waals surface area contributed by atoms with Crippen molar-refractivity contribution >= 4 is 6.21 Å². The summed E-state index contributed by atoms with van der Waals surface area (Å²) < 4.78 is 0. The van der Waals surface area contributed by atoms with Crippen LogP contribution in [0.4, 0.5) is 0 Å². The average molecular weight is 107 g/mol. The van der Waals surface area contributed by atoms with Gasteiger partial charge >= 0.3 is 0 Å². The van der Waals surface area contributed by atoms with Crippen molar-refractivity contribution < 1.29 is 0 Å². The van der Waals surface area contributed by atoms with Gasteiger partial charge in [-0.25, -0.2) is 0 Å². The second-order valence-corrected chi connectivity index (χ2v) is 1.91. The van der Waals surface area contributed by atoms with E-state index < -0.39 is 0 Å². The summed E-state index contributed by atoms with van der Waals surface area (Å²) in [5, 5.41) is 0. The van der Waals surface area contributed by atoms with Gasteiger partial charge < -0.3 is 0 Å². The first-order chi connectivity index (χ1) is 3.80. The zero-order valence-electron chi connectivity index (χ0n) is 4.85. The molecule has 0 saturated carbocycles. The maximum Gasteiger partial charge on any atom is 0.0429 e. The largest absolute Gasteiger partial charge is 0.292 e. The van der Waals surface area contributed by atoms with Crippen molar-refractivity contribution in [2.75, 3.05) is 6.54 Å². The zero-order chi connectivity index (χ0) is 5.98. The number of hydrogen-bond acceptors (Lipinski definition) is 1. The SMILES string of the molecule is C=C1C=NCCC1=C. The highest BCUT2D eigenvalue weighted by Gasteiger charge is 1.99. The lowest BCUT2D eigenvalue weighted by atomic mass is 10.1. The van der Waals surface area contributed by atoms with E-state index in [9.17, 15) is 0 Å². The molecule has 0 radical (unpaired) electrons. The van der Waals surface area contributed by atoms with Crippen molar-refractivity contribution in [1.29, 1.82) is 0 Å². The minimum atomic E-state index is 0.887. The summed E-state index contributed by atoms with van der Waals surface area (Å²) in [7, 11) is 0. The van der Waals surface area contributed by atoms with Gasteiger partial charge in [-0.15, -0.1) is 0 Å². The third-order valence-electron chi connectivity index (χ3n) is 1.24. The normalized spacial score (nSPS) is 19.5. The van der Waals surface area contributed by atoms with E-state index in [1.54, 1.807) is 6.21 Å². The summed E-state index contributed by atoms with van der Waals surface area (Å²) in [6, 6.07) is 0. The maximum atomic E-state index is 4.02. The second kappa shape index (κ2) is 1.95. The van der Waals surface area contributed by atoms with Crippen LogP contribution < -0.4 is 0 Å². The quantitative estimate of drug-likeness (QED) is 0.445. The predicted molar refractivity (Wildman–Crippen MR) is 36.3 cm³/mol. The van der Waals surface area contributed by atoms with Crippen molar-refractivity contribution in [2.45, 2.75) is 6.42 Å². The van der Waals surface area contributed by atoms with Crippen LogP contribution in [0.5, 0.6) is 0 Å². The fourth-order valence-corrected chi connectivity index (χ4v) is 0.626. The van der Waals surface area contributed by atoms with E-state index in [1.807, 2.05) is 0 Å². The van der Waals surface area contributed by atoms with Crippen LogP contribution in [0, 0.1) is 0 Å². The number of hydrogen-bond donors (Lipinski definition) is 0. The minimum absolute atomic E-state index is 0.887. The Bertz CT molecular complexity index is 154. The molecule has 0 aromatic heterocycles. The fourth-order valence-electron chi connectivity index (χ4n) is 0.626. The average Bonchev–Trinajstić information content (AvgIpc) is 1.77. The molecule has 0 fully saturated rings. The molecule has 0 unspecified atom stereocenters. The summed E-state index contributed by atoms with van der Waals surface area (Å²) in [4.78, 5) is 4.02. The molecule has 1 aliphatic rings. The van der Waals surface area contributed by atoms with Gasteiger partial charge in [0.05, 0.1) is 0 Å². The van der Waals surface area contributed by atoms with Gasteiger partial charge in [-0.3, -0.25) is 4.99 Å². The Morgan fingerprint density at radius 3 is 2.62 bits per heavy atom. The van der Waals surface area contributed by atoms with Gasteiger partial charge in [0.25, 0.3) is 0 Å². The van der Waals surface area contributed by atoms with Gasteiger partial charge in [-0.1, -0.05) is 13.2 Å². The Labute approximate surface area is 49.4 Å². The summed E-state index contributed by atoms with van der Waals surface area (Å²) >= 11 is 0. The van der Waals surface area contributed by atoms with Crippen LogP contribution in [0.15, 0.2) is 29.3 Å². The van der Waals surface area contributed by atoms with Crippen LogP contribution in [0.2, 0.25) is 0 Å². The summed E-state index contributed by atoms with van der Waals surface area (Å²) in [6.07, 6.45) is 2.77. The van der Waals surface area contributed by atoms with Crippen LogP contribution in [-0.2, 0) is 0 Å². The van der Waals surface area contributed by atoms with E-state index in [1.165, 1.54) is 0 Å². The zero-order valence-corrected chi connectivity index (χ0v) is 4.85. The highest BCUT2D eigenvalue weighted by molar-refractivity contribution is 5.84. The molecule has 1 nitrogen and oxygen atoms in total. The van der Waals surface area contributed by atoms with Gasteiger partial charge in [0.15, 0.2) is 0 Å². The molecule has 0 N–H and O–H groups in total. The van der Waals surface area contributed by atoms with E-state index in [0.717, 1.165) is 24.1 Å². The number of allylic oxidation sites excluding steroid dienone is 1. The Hall–Kier alpha value is -0.850. The van der Waals surface area contributed by atoms with Crippen LogP contribution in [0.1, 0.15) is 6.42 Å². The van der Waals surface area contributed by atoms with Crippen LogP contribution in [0.25, 0.3) is 0 Å². The van der Waals surface area contributed by atoms with E-state index in [4.69, 9.17) is 0 Å². The molecule has 42 valence electrons. The van der Waals surface area contributed by atoms with Gasteiger partial charge in [0.1, 0.15) is 0 Å². The minimum Gasteiger partial charge on any atom is -0.292 e. The monoisotopic (exact) mass is 107 g/mol. The van der Waals surface area contributed by atoms with E-state index >= 15 is 0 Å². The van der Waals surface area contributed by atoms with Gasteiger partial charge in [-0.05, 0) is 17.6 Å². The molecule has 1 rings (SSSR count). The second-order valence-electron chi connectivity index (χ2n) is 1.91. The summed E-state index contributed by atoms with van der Waals surface area (Å²) in [6.45, 7) is 8.44. The third-order valence-corrected chi connectivity index (χ3v) is 1.24. The van der Waals surface area contributed by atoms with Gasteiger partial charge in [0, 0.05) is 12.8 Å². The first-order valence-electron chi connectivity index (χ1n) is 2.67. The standard InChI is InChI=1S/C7H9N/c1-6-3-4-8-5-7(6)2/h5H,1-4H2. The molecule has 0 aliphatic carbocycles. The lowest BCUT2D eigenvalue weighted by Gasteiger charge is -2.06. The molecule has 0 amide bonds. The highest BCUT2D eigenvalue weighted by Crippen LogP contribution is 2.11. The van der Waals surface area contributed by atoms with Crippen molar-refractivity contribution in [3.05, 3.63) is 24.3 Å². The molecule has 1 heteroatoms. The molecule has 0 bridgehead atoms. The molecule has 1 aliphatic heterocycles. The van der Waals surface area contributed by atoms with E-state index in [2.05, 4.69) is 18.2 Å². The van der Waals surface area contributed by atoms with Gasteiger partial charge in [-0.2, -0.15) is 0 Å². The van der Waals surface area contributed by atoms with Gasteiger partial charge in [0.2, 0.25) is 0 Å². The smallest absolute Gasteiger partial charge is 0.0429 e. The summed E-state index contributed by atoms with van der Waals surface area (Å²) in [5.41, 5.74) is 2.11. The highest BCUT2D eigenvalue weighted by atomic mass is 14.7. The first-order valence-corrected chi connectivity index (χ1v) is 2.67. The Balaban J connectivity index is 2.75. The van der Waals surface area contributed by atoms with Crippen LogP contribution in [0.3, 0.4) is 0 Å². The maximum absolute atomic E-state index is 4.02. The van der Waals surface area contributed by atoms with Crippen molar-refractivity contribution in [3.63, 3.8) is 0 Å². The first kappa shape index (κ1) is 5.29. The molecule has 0 aromatic carbocycles. The third kappa shape index (κ3) is 0.861. The lowest BCUT2D eigenvalue weighted by molar-refractivity contribution is 0.955. The number of aliphatic imine (C=N–C) groups is 1. The molecule has 0 saturated heterocycles. The molecule has 0 atom stereocenters. The fraction of sp³-hybridized carbons (Fsp3) is 0.286. The van der Waals surface area contributed by atoms with E-state index in [0.29, 0.717) is 0 Å². The predicted octanol–water partition coefficient (Wildman–Crippen LogP) is 1.57. The topological polar surface area (TPSA) is 12.4 Å². The van der Waals surface area contributed by atoms with E-state index in [-0.39, 0.29) is 0 Å². The molecule has 8 heavy (non-hydrogen) atoms. The van der Waals surface area contributed by atoms with Crippen molar-refractivity contribution in [1.82, 2.24) is 0 Å². The molecule has 1 heterocycles. The van der Waals surface area contributed by atoms with Crippen LogP contribution in [-0.4, -0.2) is 12.8 Å². The van der Waals surface area contributed by atoms with Crippen molar-refractivity contribution in [3.8, 4) is 0 Å². The Kier molecular flexibility index (Phi) is 1.29. The molecular formula is C7H9N. The number of nitrogens with zero attached hydrogens (tertiary/aromatic N) is 1. The Morgan fingerprint density at radius 1 is 1.50 bits per heavy atom. The molecule has 0 spiro atoms. The summed E-state index contributed by atoms with van der Waals surface area (Å²) in [5.74, 6) is 0. The molecule has 0 aromatic rings. The Morgan fingerprint density at radius 2 is 2.25 bits per heavy atom. The molecular weight excluding hydrogens is 98.1 g/mol. The van der Waals surface area contributed by atoms with Crippen molar-refractivity contribution in [2.24, 2.45) is 4.99 Å². The number of rotatable bonds is 0.